The molecule has 0 spiro atoms. The Labute approximate surface area is 103 Å². The molecule has 0 heterocycles. The number of carboxylic acid groups (broad SMARTS) is 1. The third-order valence-corrected chi connectivity index (χ3v) is 2.19. The zero-order valence-electron chi connectivity index (χ0n) is 10.5. The highest BCUT2D eigenvalue weighted by molar-refractivity contribution is 5.77. The molecule has 0 amide bonds. The molecule has 0 fully saturated rings. The van der Waals surface area contributed by atoms with Crippen LogP contribution in [0.4, 0.5) is 0 Å². The van der Waals surface area contributed by atoms with Gasteiger partial charge in [0.25, 0.3) is 0 Å². The van der Waals surface area contributed by atoms with Crippen molar-refractivity contribution in [3.63, 3.8) is 0 Å². The van der Waals surface area contributed by atoms with E-state index in [-0.39, 0.29) is 6.42 Å². The van der Waals surface area contributed by atoms with Crippen LogP contribution in [-0.4, -0.2) is 23.8 Å². The van der Waals surface area contributed by atoms with Gasteiger partial charge in [-0.15, -0.1) is 0 Å². The highest BCUT2D eigenvalue weighted by atomic mass is 16.4. The summed E-state index contributed by atoms with van der Waals surface area (Å²) in [4.78, 5) is 14.4. The number of rotatable bonds is 9. The van der Waals surface area contributed by atoms with Crippen molar-refractivity contribution in [3.8, 4) is 0 Å². The van der Waals surface area contributed by atoms with Gasteiger partial charge in [-0.2, -0.15) is 0 Å². The Morgan fingerprint density at radius 3 is 2.71 bits per heavy atom. The molecule has 1 N–H and O–H groups in total. The lowest BCUT2D eigenvalue weighted by molar-refractivity contribution is -0.137. The van der Waals surface area contributed by atoms with E-state index in [4.69, 9.17) is 5.11 Å². The lowest BCUT2D eigenvalue weighted by Crippen LogP contribution is -1.95. The molecule has 17 heavy (non-hydrogen) atoms. The SMILES string of the molecule is C=CC(=C)CCC=C(C)C=NCCCC(=O)O. The third kappa shape index (κ3) is 10.6. The quantitative estimate of drug-likeness (QED) is 0.378. The molecule has 0 aromatic heterocycles. The number of allylic oxidation sites excluding steroid dienone is 4. The lowest BCUT2D eigenvalue weighted by Gasteiger charge is -1.96. The van der Waals surface area contributed by atoms with Gasteiger partial charge in [-0.05, 0) is 31.8 Å². The minimum atomic E-state index is -0.768. The van der Waals surface area contributed by atoms with E-state index in [1.54, 1.807) is 12.3 Å². The lowest BCUT2D eigenvalue weighted by atomic mass is 10.1. The largest absolute Gasteiger partial charge is 0.481 e. The van der Waals surface area contributed by atoms with Gasteiger partial charge in [0, 0.05) is 19.2 Å². The fourth-order valence-corrected chi connectivity index (χ4v) is 1.17. The van der Waals surface area contributed by atoms with Crippen LogP contribution in [0.3, 0.4) is 0 Å². The van der Waals surface area contributed by atoms with Crippen molar-refractivity contribution in [2.24, 2.45) is 4.99 Å². The van der Waals surface area contributed by atoms with Crippen LogP contribution < -0.4 is 0 Å². The minimum absolute atomic E-state index is 0.180. The molecule has 0 rings (SSSR count). The second-order valence-corrected chi connectivity index (χ2v) is 3.88. The van der Waals surface area contributed by atoms with Crippen molar-refractivity contribution in [2.75, 3.05) is 6.54 Å². The predicted octanol–water partition coefficient (Wildman–Crippen LogP) is 3.39. The van der Waals surface area contributed by atoms with Crippen molar-refractivity contribution in [3.05, 3.63) is 36.5 Å². The number of carbonyl (C=O) groups is 1. The average Bonchev–Trinajstić information content (AvgIpc) is 2.27. The first kappa shape index (κ1) is 15.4. The van der Waals surface area contributed by atoms with Gasteiger partial charge >= 0.3 is 5.97 Å². The second kappa shape index (κ2) is 9.58. The van der Waals surface area contributed by atoms with Crippen molar-refractivity contribution < 1.29 is 9.90 Å². The fraction of sp³-hybridized carbons (Fsp3) is 0.429. The maximum atomic E-state index is 10.3. The fourth-order valence-electron chi connectivity index (χ4n) is 1.17. The maximum Gasteiger partial charge on any atom is 0.303 e. The standard InChI is InChI=1S/C14H21NO2/c1-4-12(2)7-5-8-13(3)11-15-10-6-9-14(16)17/h4,8,11H,1-2,5-7,9-10H2,3H3,(H,16,17). The normalized spacial score (nSPS) is 11.7. The first-order valence-electron chi connectivity index (χ1n) is 5.75. The van der Waals surface area contributed by atoms with Crippen molar-refractivity contribution in [2.45, 2.75) is 32.6 Å². The third-order valence-electron chi connectivity index (χ3n) is 2.19. The van der Waals surface area contributed by atoms with Gasteiger partial charge in [-0.25, -0.2) is 0 Å². The summed E-state index contributed by atoms with van der Waals surface area (Å²) in [6, 6.07) is 0. The highest BCUT2D eigenvalue weighted by Gasteiger charge is 1.93. The van der Waals surface area contributed by atoms with E-state index >= 15 is 0 Å². The molecule has 3 heteroatoms. The van der Waals surface area contributed by atoms with Gasteiger partial charge in [0.15, 0.2) is 0 Å². The van der Waals surface area contributed by atoms with Crippen LogP contribution in [0.5, 0.6) is 0 Å². The van der Waals surface area contributed by atoms with E-state index in [9.17, 15) is 4.79 Å². The topological polar surface area (TPSA) is 49.7 Å². The molecule has 0 saturated carbocycles. The van der Waals surface area contributed by atoms with E-state index in [1.165, 1.54) is 0 Å². The molecular formula is C14H21NO2. The smallest absolute Gasteiger partial charge is 0.303 e. The van der Waals surface area contributed by atoms with E-state index < -0.39 is 5.97 Å². The molecule has 0 aliphatic heterocycles. The van der Waals surface area contributed by atoms with E-state index in [1.807, 2.05) is 6.92 Å². The Bertz CT molecular complexity index is 327. The van der Waals surface area contributed by atoms with Gasteiger partial charge in [0.1, 0.15) is 0 Å². The number of aliphatic imine (C=N–C) groups is 1. The molecule has 0 unspecified atom stereocenters. The Morgan fingerprint density at radius 2 is 2.12 bits per heavy atom. The van der Waals surface area contributed by atoms with Gasteiger partial charge in [0.2, 0.25) is 0 Å². The predicted molar refractivity (Wildman–Crippen MR) is 72.6 cm³/mol. The van der Waals surface area contributed by atoms with Crippen LogP contribution in [0.1, 0.15) is 32.6 Å². The Morgan fingerprint density at radius 1 is 1.41 bits per heavy atom. The number of hydrogen-bond acceptors (Lipinski definition) is 2. The first-order chi connectivity index (χ1) is 8.06. The summed E-state index contributed by atoms with van der Waals surface area (Å²) in [6.45, 7) is 10.0. The minimum Gasteiger partial charge on any atom is -0.481 e. The summed E-state index contributed by atoms with van der Waals surface area (Å²) in [5.74, 6) is -0.768. The highest BCUT2D eigenvalue weighted by Crippen LogP contribution is 2.05. The van der Waals surface area contributed by atoms with Gasteiger partial charge < -0.3 is 5.11 Å². The van der Waals surface area contributed by atoms with Gasteiger partial charge in [-0.3, -0.25) is 9.79 Å². The molecule has 0 aliphatic carbocycles. The Hall–Kier alpha value is -1.64. The molecule has 94 valence electrons. The zero-order chi connectivity index (χ0) is 13.1. The molecule has 0 saturated heterocycles. The average molecular weight is 235 g/mol. The molecule has 3 nitrogen and oxygen atoms in total. The number of hydrogen-bond donors (Lipinski definition) is 1. The summed E-state index contributed by atoms with van der Waals surface area (Å²) in [5, 5.41) is 8.43. The summed E-state index contributed by atoms with van der Waals surface area (Å²) in [6.07, 6.45) is 8.26. The van der Waals surface area contributed by atoms with E-state index in [2.05, 4.69) is 24.2 Å². The number of nitrogens with zero attached hydrogens (tertiary/aromatic N) is 1. The Kier molecular flexibility index (Phi) is 8.65. The Balaban J connectivity index is 3.75. The van der Waals surface area contributed by atoms with Crippen LogP contribution >= 0.6 is 0 Å². The van der Waals surface area contributed by atoms with Crippen LogP contribution in [0.15, 0.2) is 41.4 Å². The summed E-state index contributed by atoms with van der Waals surface area (Å²) < 4.78 is 0. The summed E-state index contributed by atoms with van der Waals surface area (Å²) in [5.41, 5.74) is 2.13. The molecule has 0 bridgehead atoms. The van der Waals surface area contributed by atoms with Crippen molar-refractivity contribution in [1.29, 1.82) is 0 Å². The van der Waals surface area contributed by atoms with Crippen LogP contribution in [-0.2, 0) is 4.79 Å². The van der Waals surface area contributed by atoms with E-state index in [0.29, 0.717) is 13.0 Å². The monoisotopic (exact) mass is 235 g/mol. The zero-order valence-corrected chi connectivity index (χ0v) is 10.5. The number of aliphatic carboxylic acids is 1. The summed E-state index contributed by atoms with van der Waals surface area (Å²) >= 11 is 0. The summed E-state index contributed by atoms with van der Waals surface area (Å²) in [7, 11) is 0. The van der Waals surface area contributed by atoms with Crippen LogP contribution in [0.25, 0.3) is 0 Å². The maximum absolute atomic E-state index is 10.3. The van der Waals surface area contributed by atoms with Crippen molar-refractivity contribution in [1.82, 2.24) is 0 Å². The molecule has 0 aromatic rings. The van der Waals surface area contributed by atoms with Crippen molar-refractivity contribution >= 4 is 12.2 Å². The number of carboxylic acids is 1. The second-order valence-electron chi connectivity index (χ2n) is 3.88. The van der Waals surface area contributed by atoms with Gasteiger partial charge in [0.05, 0.1) is 0 Å². The molecule has 0 atom stereocenters. The van der Waals surface area contributed by atoms with E-state index in [0.717, 1.165) is 24.0 Å². The van der Waals surface area contributed by atoms with Crippen LogP contribution in [0, 0.1) is 0 Å². The molecule has 0 aliphatic rings. The first-order valence-corrected chi connectivity index (χ1v) is 5.75. The molecule has 0 radical (unpaired) electrons. The molecular weight excluding hydrogens is 214 g/mol. The molecule has 0 aromatic carbocycles. The van der Waals surface area contributed by atoms with Gasteiger partial charge in [-0.1, -0.05) is 30.9 Å². The van der Waals surface area contributed by atoms with Crippen LogP contribution in [0.2, 0.25) is 0 Å².